The topological polar surface area (TPSA) is 69.7 Å². The van der Waals surface area contributed by atoms with E-state index in [1.54, 1.807) is 0 Å². The van der Waals surface area contributed by atoms with E-state index in [1.807, 2.05) is 0 Å². The fourth-order valence-corrected chi connectivity index (χ4v) is 10.5. The van der Waals surface area contributed by atoms with Gasteiger partial charge in [-0.05, 0) is 86.6 Å². The maximum Gasteiger partial charge on any atom is 0.485 e. The normalized spacial score (nSPS) is 17.1. The van der Waals surface area contributed by atoms with E-state index in [1.165, 1.54) is 58.0 Å². The smallest absolute Gasteiger partial charge is 0.485 e. The van der Waals surface area contributed by atoms with Gasteiger partial charge < -0.3 is 9.08 Å². The summed E-state index contributed by atoms with van der Waals surface area (Å²) in [6.07, 6.45) is 14.9. The maximum absolute atomic E-state index is 10.7. The van der Waals surface area contributed by atoms with Gasteiger partial charge in [-0.3, -0.25) is 4.67 Å². The molecule has 1 saturated carbocycles. The molecule has 5 aromatic rings. The summed E-state index contributed by atoms with van der Waals surface area (Å²) < 4.78 is 68.8. The Kier molecular flexibility index (Phi) is 18.1. The molecule has 5 radical (unpaired) electrons. The number of rotatable bonds is 8. The molecule has 12 heteroatoms. The molecule has 0 heterocycles. The number of halogens is 3. The first-order valence-corrected chi connectivity index (χ1v) is 21.6. The standard InChI is InChI=1S/C34H31NOP2.C8H12.CHF3O3S.Rh/c1-35(37(28-17-6-2-7-18-28)29-19-8-3-9-20-29)33-26-27-16-14-15-25-32(27)34(33)36-38(30-21-10-4-11-22-30)31-23-12-5-13-24-31;1-2-4-6-8-7-5-3-1;2-1(3,4)8(5,6)7;/h2-25,33-34H,26H2,1H3;1-2,7-8H,3-6H2;(H,5,6,7);/p-1/t33-,34-;;;/m1.../s1. The van der Waals surface area contributed by atoms with Crippen molar-refractivity contribution in [3.05, 3.63) is 182 Å². The van der Waals surface area contributed by atoms with Crippen LogP contribution in [0.2, 0.25) is 0 Å². The van der Waals surface area contributed by atoms with Gasteiger partial charge in [-0.1, -0.05) is 146 Å². The Morgan fingerprint density at radius 2 is 0.964 bits per heavy atom. The molecule has 2 atom stereocenters. The molecule has 1 fully saturated rings. The van der Waals surface area contributed by atoms with E-state index in [2.05, 4.69) is 183 Å². The van der Waals surface area contributed by atoms with Crippen molar-refractivity contribution in [3.8, 4) is 0 Å². The first-order valence-electron chi connectivity index (χ1n) is 17.6. The molecule has 5 nitrogen and oxygen atoms in total. The van der Waals surface area contributed by atoms with Gasteiger partial charge in [0.15, 0.2) is 10.1 Å². The van der Waals surface area contributed by atoms with Crippen LogP contribution in [-0.4, -0.2) is 36.2 Å². The van der Waals surface area contributed by atoms with Gasteiger partial charge >= 0.3 is 5.51 Å². The number of hydrogen-bond donors (Lipinski definition) is 0. The van der Waals surface area contributed by atoms with Crippen LogP contribution in [0.5, 0.6) is 0 Å². The number of likely N-dealkylation sites (N-methyl/N-ethyl adjacent to an activating group) is 1. The first kappa shape index (κ1) is 44.9. The van der Waals surface area contributed by atoms with Crippen molar-refractivity contribution < 1.29 is 50.1 Å². The number of alkyl halides is 3. The SMILES string of the molecule is CN([C@@H]1Cc2ccccc2[C@H]1OP(c1ccccc1)c1ccccc1)P(c1ccccc1)c1ccccc1.O=S(=O)([O-])C(F)(F)F.[CH]1[CH]CC[CH][CH]CC1.[Rh]. The predicted octanol–water partition coefficient (Wildman–Crippen LogP) is 9.12. The molecule has 0 spiro atoms. The van der Waals surface area contributed by atoms with E-state index < -0.39 is 31.8 Å². The summed E-state index contributed by atoms with van der Waals surface area (Å²) in [5.74, 6) is 0. The minimum atomic E-state index is -6.09. The van der Waals surface area contributed by atoms with Crippen molar-refractivity contribution in [2.75, 3.05) is 7.05 Å². The van der Waals surface area contributed by atoms with Crippen LogP contribution in [0, 0.1) is 25.7 Å². The van der Waals surface area contributed by atoms with E-state index in [0.29, 0.717) is 0 Å². The molecule has 0 bridgehead atoms. The van der Waals surface area contributed by atoms with E-state index in [0.717, 1.165) is 6.42 Å². The third-order valence-corrected chi connectivity index (χ3v) is 13.8. The van der Waals surface area contributed by atoms with Crippen LogP contribution >= 0.6 is 16.2 Å². The average Bonchev–Trinajstić information content (AvgIpc) is 3.53. The zero-order chi connectivity index (χ0) is 38.4. The third kappa shape index (κ3) is 13.1. The summed E-state index contributed by atoms with van der Waals surface area (Å²) in [4.78, 5) is 0. The van der Waals surface area contributed by atoms with Gasteiger partial charge in [0.05, 0.1) is 8.15 Å². The van der Waals surface area contributed by atoms with Crippen molar-refractivity contribution in [1.29, 1.82) is 0 Å². The average molecular weight is 892 g/mol. The summed E-state index contributed by atoms with van der Waals surface area (Å²) in [5, 5.41) is 5.21. The predicted molar refractivity (Wildman–Crippen MR) is 215 cm³/mol. The Bertz CT molecular complexity index is 1840. The van der Waals surface area contributed by atoms with Gasteiger partial charge in [0.1, 0.15) is 6.10 Å². The second kappa shape index (κ2) is 22.2. The second-order valence-electron chi connectivity index (χ2n) is 12.5. The van der Waals surface area contributed by atoms with Crippen LogP contribution in [0.3, 0.4) is 0 Å². The summed E-state index contributed by atoms with van der Waals surface area (Å²) in [6, 6.07) is 52.5. The molecule has 2 aliphatic rings. The first-order chi connectivity index (χ1) is 26.0. The Balaban J connectivity index is 0.000000330. The van der Waals surface area contributed by atoms with Crippen LogP contribution in [0.4, 0.5) is 13.2 Å². The molecule has 0 N–H and O–H groups in total. The van der Waals surface area contributed by atoms with Crippen molar-refractivity contribution >= 4 is 47.6 Å². The van der Waals surface area contributed by atoms with Crippen LogP contribution in [0.15, 0.2) is 146 Å². The van der Waals surface area contributed by atoms with E-state index >= 15 is 0 Å². The van der Waals surface area contributed by atoms with Crippen molar-refractivity contribution in [1.82, 2.24) is 4.67 Å². The summed E-state index contributed by atoms with van der Waals surface area (Å²) >= 11 is 0. The molecular formula is C43H43F3NO4P2RhS-. The van der Waals surface area contributed by atoms with Gasteiger partial charge in [-0.15, -0.1) is 0 Å². The number of hydrogen-bond acceptors (Lipinski definition) is 5. The minimum absolute atomic E-state index is 0. The molecule has 291 valence electrons. The van der Waals surface area contributed by atoms with Crippen LogP contribution < -0.4 is 21.2 Å². The number of nitrogens with zero attached hydrogens (tertiary/aromatic N) is 1. The van der Waals surface area contributed by atoms with Crippen molar-refractivity contribution in [2.24, 2.45) is 0 Å². The van der Waals surface area contributed by atoms with Crippen LogP contribution in [0.1, 0.15) is 42.9 Å². The third-order valence-electron chi connectivity index (χ3n) is 8.75. The van der Waals surface area contributed by atoms with Crippen LogP contribution in [0.25, 0.3) is 0 Å². The zero-order valence-corrected chi connectivity index (χ0v) is 34.5. The van der Waals surface area contributed by atoms with E-state index in [-0.39, 0.29) is 31.6 Å². The van der Waals surface area contributed by atoms with Crippen molar-refractivity contribution in [2.45, 2.75) is 49.8 Å². The van der Waals surface area contributed by atoms with Crippen LogP contribution in [-0.2, 0) is 40.5 Å². The van der Waals surface area contributed by atoms with Gasteiger partial charge in [0.25, 0.3) is 0 Å². The maximum atomic E-state index is 10.7. The Morgan fingerprint density at radius 1 is 0.618 bits per heavy atom. The molecule has 5 aromatic carbocycles. The minimum Gasteiger partial charge on any atom is -0.741 e. The molecule has 55 heavy (non-hydrogen) atoms. The molecule has 0 aliphatic heterocycles. The zero-order valence-electron chi connectivity index (χ0n) is 30.2. The largest absolute Gasteiger partial charge is 0.741 e. The quantitative estimate of drug-likeness (QED) is 0.0674. The van der Waals surface area contributed by atoms with Gasteiger partial charge in [-0.25, -0.2) is 8.42 Å². The Hall–Kier alpha value is -2.80. The number of fused-ring (bicyclic) bond motifs is 1. The fourth-order valence-electron chi connectivity index (χ4n) is 6.16. The fraction of sp³-hybridized carbons (Fsp3) is 0.209. The van der Waals surface area contributed by atoms with Gasteiger partial charge in [0, 0.05) is 44.2 Å². The summed E-state index contributed by atoms with van der Waals surface area (Å²) in [6.45, 7) is 0. The molecular weight excluding hydrogens is 848 g/mol. The molecule has 0 saturated heterocycles. The van der Waals surface area contributed by atoms with Crippen molar-refractivity contribution in [3.63, 3.8) is 0 Å². The molecule has 0 unspecified atom stereocenters. The Morgan fingerprint density at radius 3 is 1.35 bits per heavy atom. The molecule has 0 amide bonds. The van der Waals surface area contributed by atoms with Gasteiger partial charge in [0.2, 0.25) is 0 Å². The van der Waals surface area contributed by atoms with E-state index in [9.17, 15) is 13.2 Å². The molecule has 2 aliphatic carbocycles. The van der Waals surface area contributed by atoms with E-state index in [4.69, 9.17) is 17.5 Å². The molecule has 7 rings (SSSR count). The number of benzene rings is 5. The summed E-state index contributed by atoms with van der Waals surface area (Å²) in [5.41, 5.74) is -2.94. The molecule has 0 aromatic heterocycles. The summed E-state index contributed by atoms with van der Waals surface area (Å²) in [7, 11) is -5.50. The second-order valence-corrected chi connectivity index (χ2v) is 18.0. The Labute approximate surface area is 339 Å². The van der Waals surface area contributed by atoms with Gasteiger partial charge in [-0.2, -0.15) is 13.2 Å². The monoisotopic (exact) mass is 891 g/mol.